The number of guanidine groups is 1. The molecule has 1 aliphatic heterocycles. The van der Waals surface area contributed by atoms with Gasteiger partial charge in [-0.25, -0.2) is 0 Å². The van der Waals surface area contributed by atoms with Crippen LogP contribution in [0.5, 0.6) is 0 Å². The summed E-state index contributed by atoms with van der Waals surface area (Å²) in [5, 5.41) is 6.19. The van der Waals surface area contributed by atoms with Gasteiger partial charge in [0.2, 0.25) is 5.91 Å². The van der Waals surface area contributed by atoms with Crippen molar-refractivity contribution in [1.29, 1.82) is 0 Å². The second-order valence-electron chi connectivity index (χ2n) is 5.92. The number of rotatable bonds is 5. The van der Waals surface area contributed by atoms with Crippen molar-refractivity contribution in [3.05, 3.63) is 0 Å². The average molecular weight is 410 g/mol. The van der Waals surface area contributed by atoms with Crippen LogP contribution < -0.4 is 10.6 Å². The highest BCUT2D eigenvalue weighted by Crippen LogP contribution is 2.20. The number of nitrogens with one attached hydrogen (secondary N) is 2. The molecule has 1 fully saturated rings. The normalized spacial score (nSPS) is 22.5. The van der Waals surface area contributed by atoms with Crippen molar-refractivity contribution in [3.63, 3.8) is 0 Å². The van der Waals surface area contributed by atoms with Crippen molar-refractivity contribution in [2.45, 2.75) is 40.0 Å². The number of hydrogen-bond acceptors (Lipinski definition) is 2. The van der Waals surface area contributed by atoms with E-state index in [-0.39, 0.29) is 29.9 Å². The van der Waals surface area contributed by atoms with Gasteiger partial charge in [0.05, 0.1) is 0 Å². The van der Waals surface area contributed by atoms with Crippen LogP contribution in [0.25, 0.3) is 0 Å². The van der Waals surface area contributed by atoms with E-state index < -0.39 is 0 Å². The number of halogens is 1. The van der Waals surface area contributed by atoms with Gasteiger partial charge in [-0.15, -0.1) is 24.0 Å². The molecule has 0 aromatic carbocycles. The minimum Gasteiger partial charge on any atom is -0.356 e. The molecule has 5 nitrogen and oxygen atoms in total. The fourth-order valence-electron chi connectivity index (χ4n) is 2.81. The summed E-state index contributed by atoms with van der Waals surface area (Å²) < 4.78 is 0. The van der Waals surface area contributed by atoms with Crippen LogP contribution in [-0.4, -0.2) is 50.0 Å². The molecule has 1 saturated heterocycles. The largest absolute Gasteiger partial charge is 0.356 e. The van der Waals surface area contributed by atoms with Gasteiger partial charge in [-0.3, -0.25) is 9.79 Å². The zero-order valence-corrected chi connectivity index (χ0v) is 16.1. The molecule has 21 heavy (non-hydrogen) atoms. The lowest BCUT2D eigenvalue weighted by Gasteiger charge is -2.37. The molecule has 2 atom stereocenters. The molecule has 6 heteroatoms. The third-order valence-corrected chi connectivity index (χ3v) is 3.59. The summed E-state index contributed by atoms with van der Waals surface area (Å²) in [7, 11) is 1.81. The molecule has 0 aromatic rings. The summed E-state index contributed by atoms with van der Waals surface area (Å²) in [6.07, 6.45) is 2.76. The first kappa shape index (κ1) is 20.5. The van der Waals surface area contributed by atoms with Gasteiger partial charge in [0.15, 0.2) is 5.96 Å². The van der Waals surface area contributed by atoms with Crippen LogP contribution in [0.1, 0.15) is 40.0 Å². The Morgan fingerprint density at radius 2 is 1.81 bits per heavy atom. The first-order chi connectivity index (χ1) is 9.56. The molecule has 2 unspecified atom stereocenters. The number of carbonyl (C=O) groups excluding carboxylic acids is 1. The van der Waals surface area contributed by atoms with Crippen molar-refractivity contribution in [1.82, 2.24) is 15.5 Å². The summed E-state index contributed by atoms with van der Waals surface area (Å²) in [4.78, 5) is 18.2. The van der Waals surface area contributed by atoms with Gasteiger partial charge in [-0.2, -0.15) is 0 Å². The Labute approximate surface area is 146 Å². The number of aliphatic imine (C=N–C) groups is 1. The SMILES string of the molecule is CCCNC(=O)CCNC(=NC)N1CC(C)CC(C)C1.I. The third-order valence-electron chi connectivity index (χ3n) is 3.59. The molecule has 0 bridgehead atoms. The second kappa shape index (κ2) is 11.1. The summed E-state index contributed by atoms with van der Waals surface area (Å²) in [6, 6.07) is 0. The third kappa shape index (κ3) is 7.87. The average Bonchev–Trinajstić information content (AvgIpc) is 2.40. The maximum absolute atomic E-state index is 11.5. The highest BCUT2D eigenvalue weighted by molar-refractivity contribution is 14.0. The number of likely N-dealkylation sites (tertiary alicyclic amines) is 1. The number of hydrogen-bond donors (Lipinski definition) is 2. The Morgan fingerprint density at radius 1 is 1.19 bits per heavy atom. The summed E-state index contributed by atoms with van der Waals surface area (Å²) in [5.41, 5.74) is 0. The maximum Gasteiger partial charge on any atom is 0.221 e. The van der Waals surface area contributed by atoms with E-state index in [1.807, 2.05) is 7.05 Å². The van der Waals surface area contributed by atoms with Crippen LogP contribution in [0.3, 0.4) is 0 Å². The standard InChI is InChI=1S/C15H30N4O.HI/c1-5-7-17-14(20)6-8-18-15(16-4)19-10-12(2)9-13(3)11-19;/h12-13H,5-11H2,1-4H3,(H,16,18)(H,17,20);1H. The van der Waals surface area contributed by atoms with Gasteiger partial charge in [0.1, 0.15) is 0 Å². The van der Waals surface area contributed by atoms with E-state index >= 15 is 0 Å². The Morgan fingerprint density at radius 3 is 2.33 bits per heavy atom. The Kier molecular flexibility index (Phi) is 10.8. The lowest BCUT2D eigenvalue weighted by atomic mass is 9.92. The van der Waals surface area contributed by atoms with E-state index in [0.717, 1.165) is 32.0 Å². The quantitative estimate of drug-likeness (QED) is 0.415. The zero-order chi connectivity index (χ0) is 15.0. The topological polar surface area (TPSA) is 56.7 Å². The summed E-state index contributed by atoms with van der Waals surface area (Å²) >= 11 is 0. The first-order valence-corrected chi connectivity index (χ1v) is 7.79. The van der Waals surface area contributed by atoms with Crippen LogP contribution in [0.2, 0.25) is 0 Å². The maximum atomic E-state index is 11.5. The van der Waals surface area contributed by atoms with E-state index in [0.29, 0.717) is 24.8 Å². The molecular formula is C15H31IN4O. The molecular weight excluding hydrogens is 379 g/mol. The highest BCUT2D eigenvalue weighted by atomic mass is 127. The van der Waals surface area contributed by atoms with Crippen molar-refractivity contribution < 1.29 is 4.79 Å². The van der Waals surface area contributed by atoms with E-state index in [1.54, 1.807) is 0 Å². The molecule has 2 N–H and O–H groups in total. The monoisotopic (exact) mass is 410 g/mol. The minimum atomic E-state index is 0. The predicted molar refractivity (Wildman–Crippen MR) is 99.2 cm³/mol. The van der Waals surface area contributed by atoms with Crippen molar-refractivity contribution >= 4 is 35.8 Å². The van der Waals surface area contributed by atoms with Crippen LogP contribution >= 0.6 is 24.0 Å². The van der Waals surface area contributed by atoms with Crippen molar-refractivity contribution in [2.75, 3.05) is 33.2 Å². The smallest absolute Gasteiger partial charge is 0.221 e. The summed E-state index contributed by atoms with van der Waals surface area (Å²) in [6.45, 7) is 10.1. The van der Waals surface area contributed by atoms with Crippen molar-refractivity contribution in [3.8, 4) is 0 Å². The zero-order valence-electron chi connectivity index (χ0n) is 13.8. The fraction of sp³-hybridized carbons (Fsp3) is 0.867. The van der Waals surface area contributed by atoms with Crippen molar-refractivity contribution in [2.24, 2.45) is 16.8 Å². The number of nitrogens with zero attached hydrogens (tertiary/aromatic N) is 2. The Hall–Kier alpha value is -0.530. The van der Waals surface area contributed by atoms with E-state index in [1.165, 1.54) is 6.42 Å². The highest BCUT2D eigenvalue weighted by Gasteiger charge is 2.23. The summed E-state index contributed by atoms with van der Waals surface area (Å²) in [5.74, 6) is 2.43. The van der Waals surface area contributed by atoms with Crippen LogP contribution in [-0.2, 0) is 4.79 Å². The molecule has 1 rings (SSSR count). The molecule has 124 valence electrons. The molecule has 1 aliphatic rings. The molecule has 1 amide bonds. The van der Waals surface area contributed by atoms with Gasteiger partial charge < -0.3 is 15.5 Å². The predicted octanol–water partition coefficient (Wildman–Crippen LogP) is 2.07. The first-order valence-electron chi connectivity index (χ1n) is 7.79. The molecule has 0 radical (unpaired) electrons. The molecule has 0 spiro atoms. The van der Waals surface area contributed by atoms with Gasteiger partial charge in [-0.1, -0.05) is 20.8 Å². The number of amides is 1. The minimum absolute atomic E-state index is 0. The molecule has 0 aliphatic carbocycles. The number of carbonyl (C=O) groups is 1. The second-order valence-corrected chi connectivity index (χ2v) is 5.92. The van der Waals surface area contributed by atoms with Gasteiger partial charge >= 0.3 is 0 Å². The Bertz CT molecular complexity index is 326. The van der Waals surface area contributed by atoms with Crippen LogP contribution in [0.15, 0.2) is 4.99 Å². The van der Waals surface area contributed by atoms with E-state index in [4.69, 9.17) is 0 Å². The lowest BCUT2D eigenvalue weighted by Crippen LogP contribution is -2.49. The molecule has 0 saturated carbocycles. The Balaban J connectivity index is 0.00000400. The molecule has 1 heterocycles. The van der Waals surface area contributed by atoms with E-state index in [9.17, 15) is 4.79 Å². The molecule has 0 aromatic heterocycles. The van der Waals surface area contributed by atoms with Gasteiger partial charge in [0.25, 0.3) is 0 Å². The lowest BCUT2D eigenvalue weighted by molar-refractivity contribution is -0.120. The fourth-order valence-corrected chi connectivity index (χ4v) is 2.81. The van der Waals surface area contributed by atoms with Gasteiger partial charge in [-0.05, 0) is 24.7 Å². The van der Waals surface area contributed by atoms with Gasteiger partial charge in [0, 0.05) is 39.6 Å². The number of piperidine rings is 1. The van der Waals surface area contributed by atoms with E-state index in [2.05, 4.69) is 41.3 Å². The van der Waals surface area contributed by atoms with Crippen LogP contribution in [0, 0.1) is 11.8 Å². The van der Waals surface area contributed by atoms with Crippen LogP contribution in [0.4, 0.5) is 0 Å².